The molecule has 0 saturated heterocycles. The van der Waals surface area contributed by atoms with E-state index in [2.05, 4.69) is 29.5 Å². The quantitative estimate of drug-likeness (QED) is 0.0416. The van der Waals surface area contributed by atoms with Gasteiger partial charge < -0.3 is 50.0 Å². The van der Waals surface area contributed by atoms with Crippen molar-refractivity contribution in [1.29, 1.82) is 0 Å². The summed E-state index contributed by atoms with van der Waals surface area (Å²) in [5.41, 5.74) is 1.54. The fourth-order valence-corrected chi connectivity index (χ4v) is 15.5. The fourth-order valence-electron chi connectivity index (χ4n) is 14.6. The summed E-state index contributed by atoms with van der Waals surface area (Å²) in [5.74, 6) is 1.00. The predicted octanol–water partition coefficient (Wildman–Crippen LogP) is 8.38. The number of aliphatic carboxylic acids is 1. The van der Waals surface area contributed by atoms with Crippen molar-refractivity contribution in [3.63, 3.8) is 0 Å². The van der Waals surface area contributed by atoms with Crippen molar-refractivity contribution < 1.29 is 63.1 Å². The van der Waals surface area contributed by atoms with Crippen LogP contribution in [0.25, 0.3) is 10.2 Å². The topological polar surface area (TPSA) is 251 Å². The number of benzene rings is 1. The Morgan fingerprint density at radius 3 is 2.30 bits per heavy atom. The number of nitrogens with zero attached hydrogens (tertiary/aromatic N) is 3. The Morgan fingerprint density at radius 2 is 1.56 bits per heavy atom. The number of hydrogen-bond acceptors (Lipinski definition) is 14. The number of rotatable bonds is 27. The Bertz CT molecular complexity index is 2680. The van der Waals surface area contributed by atoms with Crippen molar-refractivity contribution in [2.24, 2.45) is 52.3 Å². The molecule has 7 rings (SSSR count). The van der Waals surface area contributed by atoms with Crippen LogP contribution in [0.15, 0.2) is 40.5 Å². The van der Waals surface area contributed by atoms with Gasteiger partial charge in [0.25, 0.3) is 0 Å². The summed E-state index contributed by atoms with van der Waals surface area (Å²) < 4.78 is 18.1. The molecule has 5 aliphatic carbocycles. The highest BCUT2D eigenvalue weighted by Crippen LogP contribution is 2.64. The maximum atomic E-state index is 13.6. The van der Waals surface area contributed by atoms with E-state index in [0.717, 1.165) is 60.2 Å². The Morgan fingerprint density at radius 1 is 0.840 bits per heavy atom. The van der Waals surface area contributed by atoms with E-state index in [-0.39, 0.29) is 130 Å². The Hall–Kier alpha value is -5.08. The van der Waals surface area contributed by atoms with Crippen molar-refractivity contribution in [3.8, 4) is 5.75 Å². The minimum absolute atomic E-state index is 0.0335. The van der Waals surface area contributed by atoms with E-state index >= 15 is 0 Å². The van der Waals surface area contributed by atoms with Crippen molar-refractivity contribution in [3.05, 3.63) is 45.5 Å². The summed E-state index contributed by atoms with van der Waals surface area (Å²) in [6.07, 6.45) is 9.13. The average Bonchev–Trinajstić information content (AvgIpc) is 2.91. The zero-order valence-corrected chi connectivity index (χ0v) is 50.3. The van der Waals surface area contributed by atoms with E-state index in [4.69, 9.17) is 14.2 Å². The zero-order valence-electron chi connectivity index (χ0n) is 49.4. The first-order chi connectivity index (χ1) is 38.4. The fraction of sp³-hybridized carbons (Fsp3) is 0.710. The number of likely N-dealkylation sites (N-methyl/N-ethyl adjacent to an activating group) is 1. The molecule has 4 amide bonds. The van der Waals surface area contributed by atoms with Crippen LogP contribution in [-0.4, -0.2) is 149 Å². The number of aliphatic hydroxyl groups excluding tert-OH is 2. The summed E-state index contributed by atoms with van der Waals surface area (Å²) in [6, 6.07) is 4.19. The summed E-state index contributed by atoms with van der Waals surface area (Å²) in [7, 11) is 1.62. The largest absolute Gasteiger partial charge is 0.480 e. The van der Waals surface area contributed by atoms with Gasteiger partial charge in [-0.3, -0.25) is 24.0 Å². The highest BCUT2D eigenvalue weighted by atomic mass is 32.1. The van der Waals surface area contributed by atoms with E-state index in [1.165, 1.54) is 27.6 Å². The molecule has 1 aromatic heterocycles. The molecule has 81 heavy (non-hydrogen) atoms. The number of amides is 4. The molecule has 448 valence electrons. The third-order valence-corrected chi connectivity index (χ3v) is 20.3. The summed E-state index contributed by atoms with van der Waals surface area (Å²) in [5, 5.41) is 38.5. The third-order valence-electron chi connectivity index (χ3n) is 19.3. The van der Waals surface area contributed by atoms with Crippen LogP contribution in [0.3, 0.4) is 0 Å². The maximum Gasteiger partial charge on any atom is 0.415 e. The molecule has 5 N–H and O–H groups in total. The number of carbonyl (C=O) groups excluding carboxylic acids is 6. The van der Waals surface area contributed by atoms with Crippen molar-refractivity contribution in [2.45, 2.75) is 170 Å². The monoisotopic (exact) mass is 1150 g/mol. The number of aliphatic hydroxyl groups is 2. The Balaban J connectivity index is 0.766. The number of Topliss-reactive ketones (excluding diaryl/α,β-unsaturated/α-hetero) is 2. The SMILES string of the molecule is CC1=C(C)C(=O)C(C(C)(C)CC(=O)N(C)CCN(CCOCCOCCC(=O)NCCCCC(NC(=O)CC[C@@H](C)[C@H]2CC[C@@H]3C2C(O)C[C@H]2[C@H]3CC[C@@H]3C[C@H](O)CC[C@@]32C)C(=O)O)C(=O)Oc2ccc3nc(C)sc3c2)=C(C)C1=O. The van der Waals surface area contributed by atoms with Crippen LogP contribution in [0, 0.1) is 59.2 Å². The number of unbranched alkanes of at least 4 members (excludes halogenated alkanes) is 1. The van der Waals surface area contributed by atoms with E-state index in [1.54, 1.807) is 59.9 Å². The van der Waals surface area contributed by atoms with Crippen LogP contribution < -0.4 is 15.4 Å². The number of carboxylic acid groups (broad SMARTS) is 1. The number of fused-ring (bicyclic) bond motifs is 6. The number of ketones is 2. The first kappa shape index (κ1) is 63.5. The molecule has 18 nitrogen and oxygen atoms in total. The highest BCUT2D eigenvalue weighted by molar-refractivity contribution is 7.18. The number of hydrogen-bond donors (Lipinski definition) is 5. The molecule has 0 aliphatic heterocycles. The van der Waals surface area contributed by atoms with Gasteiger partial charge in [-0.1, -0.05) is 27.7 Å². The molecule has 19 heteroatoms. The number of nitrogens with one attached hydrogen (secondary N) is 2. The zero-order chi connectivity index (χ0) is 58.9. The normalized spacial score (nSPS) is 26.4. The van der Waals surface area contributed by atoms with E-state index in [0.29, 0.717) is 83.4 Å². The number of allylic oxidation sites excluding steroid dienone is 4. The van der Waals surface area contributed by atoms with Crippen molar-refractivity contribution in [1.82, 2.24) is 25.4 Å². The van der Waals surface area contributed by atoms with Gasteiger partial charge in [0.2, 0.25) is 17.7 Å². The molecular weight excluding hydrogens is 1050 g/mol. The second-order valence-corrected chi connectivity index (χ2v) is 26.3. The molecule has 1 aromatic carbocycles. The second-order valence-electron chi connectivity index (χ2n) is 25.1. The number of aryl methyl sites for hydroxylation is 1. The highest BCUT2D eigenvalue weighted by Gasteiger charge is 2.59. The van der Waals surface area contributed by atoms with Gasteiger partial charge in [0.1, 0.15) is 11.8 Å². The van der Waals surface area contributed by atoms with Crippen LogP contribution in [0.2, 0.25) is 0 Å². The lowest BCUT2D eigenvalue weighted by Crippen LogP contribution is -2.55. The first-order valence-electron chi connectivity index (χ1n) is 29.8. The van der Waals surface area contributed by atoms with Crippen LogP contribution in [0.1, 0.15) is 150 Å². The molecule has 0 radical (unpaired) electrons. The molecule has 2 aromatic rings. The summed E-state index contributed by atoms with van der Waals surface area (Å²) in [4.78, 5) is 98.7. The molecular formula is C62H91N5O13S. The number of thiazole rings is 1. The molecule has 0 spiro atoms. The molecule has 11 atom stereocenters. The Kier molecular flexibility index (Phi) is 21.9. The van der Waals surface area contributed by atoms with Gasteiger partial charge in [0, 0.05) is 86.3 Å². The van der Waals surface area contributed by atoms with E-state index < -0.39 is 23.5 Å². The molecule has 3 unspecified atom stereocenters. The molecule has 4 fully saturated rings. The maximum absolute atomic E-state index is 13.6. The van der Waals surface area contributed by atoms with Crippen molar-refractivity contribution in [2.75, 3.05) is 59.7 Å². The molecule has 4 saturated carbocycles. The average molecular weight is 1150 g/mol. The van der Waals surface area contributed by atoms with Gasteiger partial charge in [0.15, 0.2) is 11.6 Å². The summed E-state index contributed by atoms with van der Waals surface area (Å²) >= 11 is 1.48. The lowest BCUT2D eigenvalue weighted by molar-refractivity contribution is -0.143. The number of carbonyl (C=O) groups is 7. The second kappa shape index (κ2) is 28.0. The predicted molar refractivity (Wildman–Crippen MR) is 308 cm³/mol. The lowest BCUT2D eigenvalue weighted by atomic mass is 9.46. The van der Waals surface area contributed by atoms with Crippen LogP contribution in [-0.2, 0) is 38.2 Å². The lowest BCUT2D eigenvalue weighted by Gasteiger charge is -2.59. The number of ether oxygens (including phenoxy) is 3. The van der Waals surface area contributed by atoms with Gasteiger partial charge in [-0.15, -0.1) is 11.3 Å². The number of carboxylic acids is 1. The minimum atomic E-state index is -1.09. The standard InChI is InChI=1S/C62H91N5O13S/c1-36(44-17-18-46-45-16-14-41-32-42(68)21-23-62(41,8)47(45)34-50(69)55(44)46)13-20-53(71)65-49(59(75)76)12-10-11-24-63-52(70)22-28-78-30-31-79-29-27-67(60(77)80-43-15-19-48-51(33-43)81-40(5)64-48)26-25-66(9)54(72)35-61(6,7)56-39(4)57(73)37(2)38(3)58(56)74/h15,19,33,36,41-42,44-47,49-50,55,68-69H,10-14,16-18,20-32,34-35H2,1-9H3,(H,63,70)(H,65,71)(H,75,76)/t36-,41-,42-,44-,45+,46+,47+,49?,50?,55?,62+/m1/s1. The van der Waals surface area contributed by atoms with Gasteiger partial charge in [0.05, 0.1) is 53.9 Å². The Labute approximate surface area is 482 Å². The van der Waals surface area contributed by atoms with Crippen LogP contribution in [0.5, 0.6) is 5.75 Å². The summed E-state index contributed by atoms with van der Waals surface area (Å²) in [6.45, 7) is 16.4. The van der Waals surface area contributed by atoms with Gasteiger partial charge in [-0.05, 0) is 164 Å². The van der Waals surface area contributed by atoms with Crippen LogP contribution >= 0.6 is 11.3 Å². The first-order valence-corrected chi connectivity index (χ1v) is 30.6. The van der Waals surface area contributed by atoms with Crippen molar-refractivity contribution >= 4 is 62.9 Å². The van der Waals surface area contributed by atoms with Crippen LogP contribution in [0.4, 0.5) is 4.79 Å². The van der Waals surface area contributed by atoms with E-state index in [9.17, 15) is 48.9 Å². The van der Waals surface area contributed by atoms with Gasteiger partial charge >= 0.3 is 12.1 Å². The molecule has 1 heterocycles. The van der Waals surface area contributed by atoms with Gasteiger partial charge in [-0.2, -0.15) is 0 Å². The third kappa shape index (κ3) is 15.6. The molecule has 0 bridgehead atoms. The minimum Gasteiger partial charge on any atom is -0.480 e. The molecule has 5 aliphatic rings. The van der Waals surface area contributed by atoms with Gasteiger partial charge in [-0.25, -0.2) is 14.6 Å². The van der Waals surface area contributed by atoms with E-state index in [1.807, 2.05) is 6.92 Å². The smallest absolute Gasteiger partial charge is 0.415 e. The number of aromatic nitrogens is 1.